The smallest absolute Gasteiger partial charge is 0.410 e. The summed E-state index contributed by atoms with van der Waals surface area (Å²) in [5, 5.41) is 0. The molecule has 2 rings (SSSR count). The number of hydrogen-bond donors (Lipinski definition) is 0. The van der Waals surface area contributed by atoms with E-state index in [0.717, 1.165) is 0 Å². The molecule has 1 aliphatic heterocycles. The van der Waals surface area contributed by atoms with Crippen LogP contribution in [0.4, 0.5) is 4.79 Å². The highest BCUT2D eigenvalue weighted by molar-refractivity contribution is 5.95. The molecule has 0 N–H and O–H groups in total. The molecule has 0 radical (unpaired) electrons. The molecule has 1 aromatic carbocycles. The summed E-state index contributed by atoms with van der Waals surface area (Å²) in [5.74, 6) is 0.892. The van der Waals surface area contributed by atoms with E-state index in [2.05, 4.69) is 0 Å². The lowest BCUT2D eigenvalue weighted by Crippen LogP contribution is -2.58. The van der Waals surface area contributed by atoms with Gasteiger partial charge in [0.25, 0.3) is 5.91 Å². The van der Waals surface area contributed by atoms with Gasteiger partial charge >= 0.3 is 6.09 Å². The number of carbonyl (C=O) groups is 3. The Bertz CT molecular complexity index is 1040. The maximum absolute atomic E-state index is 14.0. The maximum Gasteiger partial charge on any atom is 0.410 e. The van der Waals surface area contributed by atoms with Crippen LogP contribution in [0, 0.1) is 0 Å². The molecule has 1 unspecified atom stereocenters. The van der Waals surface area contributed by atoms with Gasteiger partial charge in [-0.25, -0.2) is 4.79 Å². The lowest BCUT2D eigenvalue weighted by molar-refractivity contribution is -0.134. The van der Waals surface area contributed by atoms with Gasteiger partial charge in [-0.1, -0.05) is 0 Å². The molecule has 3 amide bonds. The fraction of sp³-hybridized carbons (Fsp3) is 0.719. The SMILES string of the molecule is CCN(C(=O)C[C@H]1CCC(N(C(=O)c2ccc(OC)c(OCCCOC)c2)C(C)C)CN1C(=O)OC(C)(C)C)C(C)C. The predicted octanol–water partition coefficient (Wildman–Crippen LogP) is 5.38. The van der Waals surface area contributed by atoms with E-state index in [1.165, 1.54) is 0 Å². The van der Waals surface area contributed by atoms with Crippen molar-refractivity contribution in [3.63, 3.8) is 0 Å². The summed E-state index contributed by atoms with van der Waals surface area (Å²) in [6.45, 7) is 17.2. The van der Waals surface area contributed by atoms with Crippen LogP contribution in [0.3, 0.4) is 0 Å². The molecule has 0 spiro atoms. The van der Waals surface area contributed by atoms with E-state index in [-0.39, 0.29) is 48.9 Å². The van der Waals surface area contributed by atoms with Crippen LogP contribution in [0.2, 0.25) is 0 Å². The van der Waals surface area contributed by atoms with Gasteiger partial charge in [0.05, 0.1) is 19.8 Å². The Kier molecular flexibility index (Phi) is 13.4. The zero-order chi connectivity index (χ0) is 31.6. The minimum absolute atomic E-state index is 0.0116. The average Bonchev–Trinajstić information content (AvgIpc) is 2.90. The Morgan fingerprint density at radius 1 is 1.00 bits per heavy atom. The molecular formula is C32H53N3O7. The minimum Gasteiger partial charge on any atom is -0.493 e. The van der Waals surface area contributed by atoms with Crippen LogP contribution >= 0.6 is 0 Å². The number of nitrogens with zero attached hydrogens (tertiary/aromatic N) is 3. The first-order valence-electron chi connectivity index (χ1n) is 15.1. The van der Waals surface area contributed by atoms with E-state index in [1.807, 2.05) is 65.2 Å². The normalized spacial score (nSPS) is 17.3. The van der Waals surface area contributed by atoms with Crippen molar-refractivity contribution >= 4 is 17.9 Å². The van der Waals surface area contributed by atoms with Gasteiger partial charge in [0.1, 0.15) is 5.60 Å². The number of ether oxygens (including phenoxy) is 4. The maximum atomic E-state index is 14.0. The van der Waals surface area contributed by atoms with Gasteiger partial charge in [-0.2, -0.15) is 0 Å². The van der Waals surface area contributed by atoms with Crippen molar-refractivity contribution in [1.82, 2.24) is 14.7 Å². The summed E-state index contributed by atoms with van der Waals surface area (Å²) in [5.41, 5.74) is -0.217. The first-order valence-corrected chi connectivity index (χ1v) is 15.1. The number of hydrogen-bond acceptors (Lipinski definition) is 7. The van der Waals surface area contributed by atoms with Crippen molar-refractivity contribution < 1.29 is 33.3 Å². The zero-order valence-electron chi connectivity index (χ0n) is 27.4. The molecule has 42 heavy (non-hydrogen) atoms. The van der Waals surface area contributed by atoms with Crippen LogP contribution in [0.15, 0.2) is 18.2 Å². The number of rotatable bonds is 13. The number of benzene rings is 1. The Morgan fingerprint density at radius 3 is 2.24 bits per heavy atom. The summed E-state index contributed by atoms with van der Waals surface area (Å²) < 4.78 is 22.2. The molecule has 1 aromatic rings. The molecular weight excluding hydrogens is 538 g/mol. The largest absolute Gasteiger partial charge is 0.493 e. The monoisotopic (exact) mass is 591 g/mol. The number of piperidine rings is 1. The van der Waals surface area contributed by atoms with E-state index in [9.17, 15) is 14.4 Å². The predicted molar refractivity (Wildman–Crippen MR) is 163 cm³/mol. The molecule has 1 fully saturated rings. The molecule has 1 aliphatic rings. The number of amides is 3. The minimum atomic E-state index is -0.692. The molecule has 10 heteroatoms. The molecule has 1 saturated heterocycles. The second kappa shape index (κ2) is 16.0. The van der Waals surface area contributed by atoms with Gasteiger partial charge < -0.3 is 33.6 Å². The van der Waals surface area contributed by atoms with Crippen molar-refractivity contribution in [1.29, 1.82) is 0 Å². The molecule has 10 nitrogen and oxygen atoms in total. The molecule has 0 aliphatic carbocycles. The van der Waals surface area contributed by atoms with Crippen LogP contribution in [0.1, 0.15) is 91.4 Å². The van der Waals surface area contributed by atoms with Crippen LogP contribution in [0.25, 0.3) is 0 Å². The molecule has 0 saturated carbocycles. The third-order valence-corrected chi connectivity index (χ3v) is 7.35. The summed E-state index contributed by atoms with van der Waals surface area (Å²) >= 11 is 0. The van der Waals surface area contributed by atoms with Gasteiger partial charge in [-0.05, 0) is 86.4 Å². The highest BCUT2D eigenvalue weighted by atomic mass is 16.6. The third kappa shape index (κ3) is 9.78. The lowest BCUT2D eigenvalue weighted by Gasteiger charge is -2.45. The lowest BCUT2D eigenvalue weighted by atomic mass is 9.93. The fourth-order valence-corrected chi connectivity index (χ4v) is 5.42. The van der Waals surface area contributed by atoms with Crippen LogP contribution in [0.5, 0.6) is 11.5 Å². The molecule has 238 valence electrons. The summed E-state index contributed by atoms with van der Waals surface area (Å²) in [4.78, 5) is 46.0. The average molecular weight is 592 g/mol. The first-order chi connectivity index (χ1) is 19.7. The Balaban J connectivity index is 2.34. The summed E-state index contributed by atoms with van der Waals surface area (Å²) in [6.07, 6.45) is 1.69. The second-order valence-corrected chi connectivity index (χ2v) is 12.4. The number of methoxy groups -OCH3 is 2. The third-order valence-electron chi connectivity index (χ3n) is 7.35. The van der Waals surface area contributed by atoms with E-state index in [4.69, 9.17) is 18.9 Å². The van der Waals surface area contributed by atoms with Gasteiger partial charge in [-0.15, -0.1) is 0 Å². The van der Waals surface area contributed by atoms with Crippen molar-refractivity contribution in [3.8, 4) is 11.5 Å². The second-order valence-electron chi connectivity index (χ2n) is 12.4. The van der Waals surface area contributed by atoms with Crippen LogP contribution in [-0.4, -0.2) is 103 Å². The standard InChI is InChI=1S/C32H53N3O7/c1-11-33(22(2)3)29(36)20-25-14-15-26(21-34(25)31(38)42-32(6,7)8)35(23(4)5)30(37)24-13-16-27(40-10)28(19-24)41-18-12-17-39-9/h13,16,19,22-23,25-26H,11-12,14-15,17-18,20-21H2,1-10H3/t25-,26?/m1/s1. The van der Waals surface area contributed by atoms with Crippen LogP contribution in [-0.2, 0) is 14.3 Å². The van der Waals surface area contributed by atoms with Crippen molar-refractivity contribution in [2.45, 2.75) is 111 Å². The molecule has 2 atom stereocenters. The molecule has 0 bridgehead atoms. The van der Waals surface area contributed by atoms with Crippen molar-refractivity contribution in [2.24, 2.45) is 0 Å². The zero-order valence-corrected chi connectivity index (χ0v) is 27.4. The molecule has 0 aromatic heterocycles. The number of carbonyl (C=O) groups excluding carboxylic acids is 3. The topological polar surface area (TPSA) is 97.9 Å². The van der Waals surface area contributed by atoms with Crippen molar-refractivity contribution in [2.75, 3.05) is 40.5 Å². The van der Waals surface area contributed by atoms with E-state index < -0.39 is 11.7 Å². The quantitative estimate of drug-likeness (QED) is 0.284. The van der Waals surface area contributed by atoms with E-state index >= 15 is 0 Å². The van der Waals surface area contributed by atoms with Gasteiger partial charge in [0.15, 0.2) is 11.5 Å². The van der Waals surface area contributed by atoms with Gasteiger partial charge in [0, 0.05) is 63.3 Å². The Labute approximate surface area is 252 Å². The van der Waals surface area contributed by atoms with Gasteiger partial charge in [-0.3, -0.25) is 9.59 Å². The van der Waals surface area contributed by atoms with E-state index in [0.29, 0.717) is 56.1 Å². The summed E-state index contributed by atoms with van der Waals surface area (Å²) in [6, 6.07) is 4.56. The Hall–Kier alpha value is -3.01. The highest BCUT2D eigenvalue weighted by Gasteiger charge is 2.40. The first kappa shape index (κ1) is 35.2. The van der Waals surface area contributed by atoms with Crippen LogP contribution < -0.4 is 9.47 Å². The highest BCUT2D eigenvalue weighted by Crippen LogP contribution is 2.32. The number of likely N-dealkylation sites (tertiary alicyclic amines) is 1. The van der Waals surface area contributed by atoms with Crippen molar-refractivity contribution in [3.05, 3.63) is 23.8 Å². The Morgan fingerprint density at radius 2 is 1.69 bits per heavy atom. The van der Waals surface area contributed by atoms with Gasteiger partial charge in [0.2, 0.25) is 5.91 Å². The fourth-order valence-electron chi connectivity index (χ4n) is 5.42. The summed E-state index contributed by atoms with van der Waals surface area (Å²) in [7, 11) is 3.20. The molecule has 1 heterocycles. The van der Waals surface area contributed by atoms with E-state index in [1.54, 1.807) is 37.3 Å².